The third-order valence-electron chi connectivity index (χ3n) is 4.87. The number of nitrogens with zero attached hydrogens (tertiary/aromatic N) is 7. The van der Waals surface area contributed by atoms with Gasteiger partial charge in [-0.15, -0.1) is 5.10 Å². The molecule has 3 aromatic rings. The Morgan fingerprint density at radius 2 is 1.79 bits per heavy atom. The number of aromatic nitrogens is 5. The highest BCUT2D eigenvalue weighted by atomic mass is 16.5. The van der Waals surface area contributed by atoms with Crippen molar-refractivity contribution in [1.29, 1.82) is 0 Å². The minimum absolute atomic E-state index is 0.0269. The molecular weight excluding hydrogens is 370 g/mol. The van der Waals surface area contributed by atoms with Crippen molar-refractivity contribution in [3.05, 3.63) is 60.7 Å². The van der Waals surface area contributed by atoms with E-state index in [0.717, 1.165) is 5.75 Å². The van der Waals surface area contributed by atoms with Gasteiger partial charge in [0.1, 0.15) is 24.1 Å². The van der Waals surface area contributed by atoms with E-state index in [1.165, 1.54) is 0 Å². The van der Waals surface area contributed by atoms with E-state index in [1.807, 2.05) is 42.2 Å². The first-order chi connectivity index (χ1) is 14.2. The first-order valence-electron chi connectivity index (χ1n) is 9.60. The van der Waals surface area contributed by atoms with E-state index in [1.54, 1.807) is 29.3 Å². The lowest BCUT2D eigenvalue weighted by Gasteiger charge is -2.35. The van der Waals surface area contributed by atoms with Gasteiger partial charge in [0.05, 0.1) is 6.20 Å². The molecule has 1 amide bonds. The molecule has 1 aliphatic heterocycles. The van der Waals surface area contributed by atoms with Crippen molar-refractivity contribution < 1.29 is 9.53 Å². The molecule has 29 heavy (non-hydrogen) atoms. The zero-order chi connectivity index (χ0) is 20.1. The molecule has 0 N–H and O–H groups in total. The lowest BCUT2D eigenvalue weighted by molar-refractivity contribution is -0.134. The van der Waals surface area contributed by atoms with Crippen LogP contribution in [0.4, 0.5) is 5.95 Å². The van der Waals surface area contributed by atoms with Crippen LogP contribution in [0.15, 0.2) is 55.0 Å². The fourth-order valence-corrected chi connectivity index (χ4v) is 3.20. The fraction of sp³-hybridized carbons (Fsp3) is 0.350. The molecule has 0 spiro atoms. The van der Waals surface area contributed by atoms with Gasteiger partial charge in [0.25, 0.3) is 0 Å². The summed E-state index contributed by atoms with van der Waals surface area (Å²) in [6.07, 6.45) is 5.22. The smallest absolute Gasteiger partial charge is 0.247 e. The maximum absolute atomic E-state index is 12.9. The predicted octanol–water partition coefficient (Wildman–Crippen LogP) is 1.56. The molecule has 0 saturated carbocycles. The highest BCUT2D eigenvalue weighted by Crippen LogP contribution is 2.15. The van der Waals surface area contributed by atoms with Crippen molar-refractivity contribution >= 4 is 11.9 Å². The average Bonchev–Trinajstić information content (AvgIpc) is 3.27. The van der Waals surface area contributed by atoms with Crippen LogP contribution in [0.25, 0.3) is 0 Å². The zero-order valence-corrected chi connectivity index (χ0v) is 16.3. The molecule has 9 nitrogen and oxygen atoms in total. The molecule has 150 valence electrons. The van der Waals surface area contributed by atoms with Crippen LogP contribution in [0.5, 0.6) is 5.75 Å². The van der Waals surface area contributed by atoms with E-state index in [9.17, 15) is 4.79 Å². The van der Waals surface area contributed by atoms with Crippen LogP contribution in [0.1, 0.15) is 18.7 Å². The number of carbonyl (C=O) groups excluding carboxylic acids is 1. The van der Waals surface area contributed by atoms with Crippen molar-refractivity contribution in [3.8, 4) is 5.75 Å². The Morgan fingerprint density at radius 3 is 2.52 bits per heavy atom. The second-order valence-electron chi connectivity index (χ2n) is 6.83. The number of amides is 1. The van der Waals surface area contributed by atoms with Crippen LogP contribution in [0.2, 0.25) is 0 Å². The average molecular weight is 393 g/mol. The second kappa shape index (κ2) is 8.68. The lowest BCUT2D eigenvalue weighted by atomic mass is 10.2. The van der Waals surface area contributed by atoms with Crippen molar-refractivity contribution in [2.45, 2.75) is 19.6 Å². The maximum Gasteiger partial charge on any atom is 0.247 e. The Bertz CT molecular complexity index is 924. The molecule has 1 atom stereocenters. The first-order valence-corrected chi connectivity index (χ1v) is 9.60. The lowest BCUT2D eigenvalue weighted by Crippen LogP contribution is -2.50. The number of benzene rings is 1. The molecule has 0 unspecified atom stereocenters. The van der Waals surface area contributed by atoms with E-state index >= 15 is 0 Å². The van der Waals surface area contributed by atoms with Gasteiger partial charge in [0, 0.05) is 38.6 Å². The van der Waals surface area contributed by atoms with Gasteiger partial charge in [-0.3, -0.25) is 4.79 Å². The molecule has 2 aromatic heterocycles. The Kier molecular flexibility index (Phi) is 5.64. The van der Waals surface area contributed by atoms with Gasteiger partial charge in [-0.1, -0.05) is 23.4 Å². The highest BCUT2D eigenvalue weighted by Gasteiger charge is 2.27. The van der Waals surface area contributed by atoms with Crippen molar-refractivity contribution in [1.82, 2.24) is 29.9 Å². The topological polar surface area (TPSA) is 89.3 Å². The van der Waals surface area contributed by atoms with Crippen molar-refractivity contribution in [2.75, 3.05) is 31.1 Å². The van der Waals surface area contributed by atoms with E-state index < -0.39 is 6.04 Å². The number of piperazine rings is 1. The Morgan fingerprint density at radius 1 is 1.07 bits per heavy atom. The SMILES string of the molecule is C[C@@H](C(=O)N1CCN(c2ncccn2)CC1)n1cc(COc2ccccc2)nn1. The van der Waals surface area contributed by atoms with Crippen LogP contribution >= 0.6 is 0 Å². The van der Waals surface area contributed by atoms with Gasteiger partial charge in [0.15, 0.2) is 0 Å². The number of carbonyl (C=O) groups is 1. The third-order valence-corrected chi connectivity index (χ3v) is 4.87. The van der Waals surface area contributed by atoms with Crippen LogP contribution in [-0.2, 0) is 11.4 Å². The largest absolute Gasteiger partial charge is 0.487 e. The molecule has 1 aromatic carbocycles. The normalized spacial score (nSPS) is 15.2. The minimum Gasteiger partial charge on any atom is -0.487 e. The summed E-state index contributed by atoms with van der Waals surface area (Å²) in [6, 6.07) is 10.9. The van der Waals surface area contributed by atoms with Crippen LogP contribution in [0, 0.1) is 0 Å². The molecule has 4 rings (SSSR count). The standard InChI is InChI=1S/C20H23N7O2/c1-16(27-14-17(23-24-27)15-29-18-6-3-2-4-7-18)19(28)25-10-12-26(13-11-25)20-21-8-5-9-22-20/h2-9,14,16H,10-13,15H2,1H3/t16-/m0/s1. The number of anilines is 1. The molecule has 0 bridgehead atoms. The molecular formula is C20H23N7O2. The molecule has 0 aliphatic carbocycles. The van der Waals surface area contributed by atoms with Gasteiger partial charge in [0.2, 0.25) is 11.9 Å². The van der Waals surface area contributed by atoms with Crippen LogP contribution < -0.4 is 9.64 Å². The summed E-state index contributed by atoms with van der Waals surface area (Å²) >= 11 is 0. The quantitative estimate of drug-likeness (QED) is 0.628. The zero-order valence-electron chi connectivity index (χ0n) is 16.3. The number of hydrogen-bond acceptors (Lipinski definition) is 7. The molecule has 9 heteroatoms. The monoisotopic (exact) mass is 393 g/mol. The van der Waals surface area contributed by atoms with Crippen LogP contribution in [-0.4, -0.2) is 61.9 Å². The van der Waals surface area contributed by atoms with Gasteiger partial charge in [-0.2, -0.15) is 0 Å². The fourth-order valence-electron chi connectivity index (χ4n) is 3.20. The number of rotatable bonds is 6. The molecule has 0 radical (unpaired) electrons. The number of ether oxygens (including phenoxy) is 1. The summed E-state index contributed by atoms with van der Waals surface area (Å²) in [6.45, 7) is 4.80. The molecule has 1 fully saturated rings. The first kappa shape index (κ1) is 18.9. The third kappa shape index (κ3) is 4.50. The van der Waals surface area contributed by atoms with Gasteiger partial charge in [-0.05, 0) is 25.1 Å². The summed E-state index contributed by atoms with van der Waals surface area (Å²) in [7, 11) is 0. The molecule has 1 saturated heterocycles. The van der Waals surface area contributed by atoms with Gasteiger partial charge >= 0.3 is 0 Å². The maximum atomic E-state index is 12.9. The Balaban J connectivity index is 1.31. The summed E-state index contributed by atoms with van der Waals surface area (Å²) in [5.41, 5.74) is 0.680. The van der Waals surface area contributed by atoms with Gasteiger partial charge < -0.3 is 14.5 Å². The van der Waals surface area contributed by atoms with Crippen molar-refractivity contribution in [3.63, 3.8) is 0 Å². The number of hydrogen-bond donors (Lipinski definition) is 0. The predicted molar refractivity (Wildman–Crippen MR) is 106 cm³/mol. The Labute approximate surface area is 168 Å². The van der Waals surface area contributed by atoms with Crippen LogP contribution in [0.3, 0.4) is 0 Å². The number of para-hydroxylation sites is 1. The summed E-state index contributed by atoms with van der Waals surface area (Å²) in [5, 5.41) is 8.24. The molecule has 3 heterocycles. The Hall–Kier alpha value is -3.49. The van der Waals surface area contributed by atoms with E-state index in [2.05, 4.69) is 25.2 Å². The van der Waals surface area contributed by atoms with E-state index in [0.29, 0.717) is 44.4 Å². The molecule has 1 aliphatic rings. The van der Waals surface area contributed by atoms with Gasteiger partial charge in [-0.25, -0.2) is 14.6 Å². The second-order valence-corrected chi connectivity index (χ2v) is 6.83. The summed E-state index contributed by atoms with van der Waals surface area (Å²) in [5.74, 6) is 1.50. The van der Waals surface area contributed by atoms with E-state index in [4.69, 9.17) is 4.74 Å². The van der Waals surface area contributed by atoms with E-state index in [-0.39, 0.29) is 5.91 Å². The van der Waals surface area contributed by atoms with Crippen molar-refractivity contribution in [2.24, 2.45) is 0 Å². The summed E-state index contributed by atoms with van der Waals surface area (Å²) in [4.78, 5) is 25.4. The highest BCUT2D eigenvalue weighted by molar-refractivity contribution is 5.80. The minimum atomic E-state index is -0.424. The summed E-state index contributed by atoms with van der Waals surface area (Å²) < 4.78 is 7.28.